The lowest BCUT2D eigenvalue weighted by atomic mass is 10.7. The van der Waals surface area contributed by atoms with E-state index in [9.17, 15) is 0 Å². The van der Waals surface area contributed by atoms with Gasteiger partial charge in [-0.25, -0.2) is 0 Å². The van der Waals surface area contributed by atoms with Crippen LogP contribution in [-0.2, 0) is 0 Å². The van der Waals surface area contributed by atoms with Gasteiger partial charge in [0.25, 0.3) is 0 Å². The molecule has 0 aliphatic carbocycles. The Kier molecular flexibility index (Phi) is 1.52. The molecule has 0 bridgehead atoms. The van der Waals surface area contributed by atoms with Crippen molar-refractivity contribution in [3.05, 3.63) is 0 Å². The van der Waals surface area contributed by atoms with Crippen LogP contribution in [0.5, 0.6) is 0 Å². The second-order valence-corrected chi connectivity index (χ2v) is 2.18. The van der Waals surface area contributed by atoms with Crippen LogP contribution >= 0.6 is 11.6 Å². The van der Waals surface area contributed by atoms with E-state index in [-0.39, 0.29) is 5.62 Å². The van der Waals surface area contributed by atoms with Gasteiger partial charge in [0.1, 0.15) is 5.62 Å². The summed E-state index contributed by atoms with van der Waals surface area (Å²) >= 11 is 5.68. The summed E-state index contributed by atoms with van der Waals surface area (Å²) in [7, 11) is 2.00. The minimum Gasteiger partial charge on any atom is -0.288 e. The first-order chi connectivity index (χ1) is 3.30. The first-order valence-corrected chi connectivity index (χ1v) is 2.82. The molecule has 0 spiro atoms. The SMILES string of the molecule is CN1CCNC1Cl. The maximum Gasteiger partial charge on any atom is 0.137 e. The lowest BCUT2D eigenvalue weighted by molar-refractivity contribution is 0.376. The molecule has 0 saturated carbocycles. The third-order valence-electron chi connectivity index (χ3n) is 1.16. The van der Waals surface area contributed by atoms with Gasteiger partial charge < -0.3 is 0 Å². The van der Waals surface area contributed by atoms with Crippen LogP contribution in [0.2, 0.25) is 0 Å². The molecule has 1 aliphatic heterocycles. The summed E-state index contributed by atoms with van der Waals surface area (Å²) < 4.78 is 0. The maximum absolute atomic E-state index is 5.68. The van der Waals surface area contributed by atoms with Gasteiger partial charge in [0.05, 0.1) is 0 Å². The average molecular weight is 121 g/mol. The molecule has 0 aromatic carbocycles. The minimum atomic E-state index is 0.0694. The molecule has 1 fully saturated rings. The van der Waals surface area contributed by atoms with Gasteiger partial charge in [0, 0.05) is 13.1 Å². The van der Waals surface area contributed by atoms with Crippen LogP contribution in [0.4, 0.5) is 0 Å². The molecule has 0 aromatic rings. The molecule has 1 unspecified atom stereocenters. The largest absolute Gasteiger partial charge is 0.288 e. The zero-order valence-electron chi connectivity index (χ0n) is 4.32. The summed E-state index contributed by atoms with van der Waals surface area (Å²) in [4.78, 5) is 2.06. The summed E-state index contributed by atoms with van der Waals surface area (Å²) in [6.45, 7) is 2.08. The molecule has 0 radical (unpaired) electrons. The molecule has 7 heavy (non-hydrogen) atoms. The van der Waals surface area contributed by atoms with Gasteiger partial charge in [0.2, 0.25) is 0 Å². The van der Waals surface area contributed by atoms with E-state index in [4.69, 9.17) is 11.6 Å². The second-order valence-electron chi connectivity index (χ2n) is 1.77. The summed E-state index contributed by atoms with van der Waals surface area (Å²) in [6, 6.07) is 0. The molecule has 1 rings (SSSR count). The highest BCUT2D eigenvalue weighted by molar-refractivity contribution is 6.20. The number of hydrogen-bond acceptors (Lipinski definition) is 2. The van der Waals surface area contributed by atoms with E-state index in [0.717, 1.165) is 13.1 Å². The third-order valence-corrected chi connectivity index (χ3v) is 1.65. The van der Waals surface area contributed by atoms with Crippen LogP contribution in [0.25, 0.3) is 0 Å². The Morgan fingerprint density at radius 1 is 1.86 bits per heavy atom. The molecule has 0 aromatic heterocycles. The van der Waals surface area contributed by atoms with Crippen molar-refractivity contribution in [3.63, 3.8) is 0 Å². The van der Waals surface area contributed by atoms with Crippen molar-refractivity contribution in [2.45, 2.75) is 5.62 Å². The topological polar surface area (TPSA) is 15.3 Å². The Morgan fingerprint density at radius 2 is 2.57 bits per heavy atom. The van der Waals surface area contributed by atoms with E-state index in [0.29, 0.717) is 0 Å². The van der Waals surface area contributed by atoms with Gasteiger partial charge in [-0.05, 0) is 7.05 Å². The molecule has 42 valence electrons. The second kappa shape index (κ2) is 1.99. The number of likely N-dealkylation sites (N-methyl/N-ethyl adjacent to an activating group) is 1. The normalized spacial score (nSPS) is 34.3. The Bertz CT molecular complexity index is 58.7. The van der Waals surface area contributed by atoms with Crippen molar-refractivity contribution in [2.24, 2.45) is 0 Å². The van der Waals surface area contributed by atoms with E-state index < -0.39 is 0 Å². The summed E-state index contributed by atoms with van der Waals surface area (Å²) in [5.41, 5.74) is 0.0694. The molecule has 1 saturated heterocycles. The highest BCUT2D eigenvalue weighted by Gasteiger charge is 2.15. The molecule has 0 amide bonds. The van der Waals surface area contributed by atoms with E-state index in [1.54, 1.807) is 0 Å². The van der Waals surface area contributed by atoms with Gasteiger partial charge in [-0.15, -0.1) is 0 Å². The van der Waals surface area contributed by atoms with E-state index >= 15 is 0 Å². The lowest BCUT2D eigenvalue weighted by Gasteiger charge is -2.09. The number of halogens is 1. The van der Waals surface area contributed by atoms with Crippen molar-refractivity contribution < 1.29 is 0 Å². The van der Waals surface area contributed by atoms with Crippen molar-refractivity contribution in [1.29, 1.82) is 0 Å². The summed E-state index contributed by atoms with van der Waals surface area (Å²) in [6.07, 6.45) is 0. The fourth-order valence-corrected chi connectivity index (χ4v) is 0.836. The van der Waals surface area contributed by atoms with Crippen LogP contribution in [0.15, 0.2) is 0 Å². The zero-order chi connectivity index (χ0) is 5.28. The fraction of sp³-hybridized carbons (Fsp3) is 1.00. The van der Waals surface area contributed by atoms with Crippen molar-refractivity contribution >= 4 is 11.6 Å². The smallest absolute Gasteiger partial charge is 0.137 e. The summed E-state index contributed by atoms with van der Waals surface area (Å²) in [5, 5.41) is 3.06. The van der Waals surface area contributed by atoms with Crippen LogP contribution in [0.1, 0.15) is 0 Å². The van der Waals surface area contributed by atoms with E-state index in [1.165, 1.54) is 0 Å². The lowest BCUT2D eigenvalue weighted by Crippen LogP contribution is -2.26. The molecule has 1 N–H and O–H groups in total. The first kappa shape index (κ1) is 5.35. The Hall–Kier alpha value is 0.210. The van der Waals surface area contributed by atoms with Gasteiger partial charge in [0.15, 0.2) is 0 Å². The van der Waals surface area contributed by atoms with Crippen LogP contribution in [0, 0.1) is 0 Å². The van der Waals surface area contributed by atoms with Gasteiger partial charge >= 0.3 is 0 Å². The van der Waals surface area contributed by atoms with Gasteiger partial charge in [-0.1, -0.05) is 11.6 Å². The van der Waals surface area contributed by atoms with Gasteiger partial charge in [-0.3, -0.25) is 10.2 Å². The van der Waals surface area contributed by atoms with Gasteiger partial charge in [-0.2, -0.15) is 0 Å². The quantitative estimate of drug-likeness (QED) is 0.359. The first-order valence-electron chi connectivity index (χ1n) is 2.38. The van der Waals surface area contributed by atoms with E-state index in [2.05, 4.69) is 10.2 Å². The average Bonchev–Trinajstić information content (AvgIpc) is 1.91. The molecular weight excluding hydrogens is 112 g/mol. The Balaban J connectivity index is 2.33. The van der Waals surface area contributed by atoms with Crippen LogP contribution < -0.4 is 5.32 Å². The van der Waals surface area contributed by atoms with Crippen molar-refractivity contribution in [3.8, 4) is 0 Å². The molecule has 2 nitrogen and oxygen atoms in total. The number of hydrogen-bond donors (Lipinski definition) is 1. The third kappa shape index (κ3) is 1.06. The van der Waals surface area contributed by atoms with Crippen molar-refractivity contribution in [2.75, 3.05) is 20.1 Å². The summed E-state index contributed by atoms with van der Waals surface area (Å²) in [5.74, 6) is 0. The molecule has 3 heteroatoms. The van der Waals surface area contributed by atoms with Crippen molar-refractivity contribution in [1.82, 2.24) is 10.2 Å². The zero-order valence-corrected chi connectivity index (χ0v) is 5.07. The molecule has 1 aliphatic rings. The van der Waals surface area contributed by atoms with E-state index in [1.807, 2.05) is 7.05 Å². The molecular formula is C4H9ClN2. The van der Waals surface area contributed by atoms with Crippen LogP contribution in [0.3, 0.4) is 0 Å². The maximum atomic E-state index is 5.68. The number of nitrogens with zero attached hydrogens (tertiary/aromatic N) is 1. The number of nitrogens with one attached hydrogen (secondary N) is 1. The minimum absolute atomic E-state index is 0.0694. The van der Waals surface area contributed by atoms with Crippen LogP contribution in [-0.4, -0.2) is 30.7 Å². The highest BCUT2D eigenvalue weighted by atomic mass is 35.5. The molecule has 1 atom stereocenters. The Morgan fingerprint density at radius 3 is 2.71 bits per heavy atom. The predicted octanol–water partition coefficient (Wildman–Crippen LogP) is 0.0438. The standard InChI is InChI=1S/C4H9ClN2/c1-7-3-2-6-4(7)5/h4,6H,2-3H2,1H3. The number of alkyl halides is 1. The number of rotatable bonds is 0. The monoisotopic (exact) mass is 120 g/mol. The predicted molar refractivity (Wildman–Crippen MR) is 30.3 cm³/mol. The molecule has 1 heterocycles. The Labute approximate surface area is 48.4 Å². The highest BCUT2D eigenvalue weighted by Crippen LogP contribution is 2.01. The fourth-order valence-electron chi connectivity index (χ4n) is 0.629.